The first-order chi connectivity index (χ1) is 17.3. The second kappa shape index (κ2) is 11.9. The maximum Gasteiger partial charge on any atom is 0.418 e. The van der Waals surface area contributed by atoms with E-state index in [1.54, 1.807) is 47.8 Å². The predicted octanol–water partition coefficient (Wildman–Crippen LogP) is 3.13. The Morgan fingerprint density at radius 1 is 1.06 bits per heavy atom. The molecule has 1 aromatic heterocycles. The van der Waals surface area contributed by atoms with Crippen molar-refractivity contribution in [3.8, 4) is 0 Å². The van der Waals surface area contributed by atoms with Crippen molar-refractivity contribution in [2.75, 3.05) is 34.5 Å². The first-order valence-electron chi connectivity index (χ1n) is 11.1. The maximum atomic E-state index is 13.2. The summed E-state index contributed by atoms with van der Waals surface area (Å²) in [5.41, 5.74) is 1.74. The van der Waals surface area contributed by atoms with Gasteiger partial charge < -0.3 is 23.8 Å². The molecule has 1 aliphatic rings. The minimum absolute atomic E-state index is 0.155. The number of allylic oxidation sites excluding steroid dienone is 3. The zero-order chi connectivity index (χ0) is 26.2. The van der Waals surface area contributed by atoms with Crippen molar-refractivity contribution in [3.05, 3.63) is 72.2 Å². The van der Waals surface area contributed by atoms with Crippen LogP contribution in [0.2, 0.25) is 0 Å². The molecule has 0 N–H and O–H groups in total. The van der Waals surface area contributed by atoms with E-state index in [2.05, 4.69) is 0 Å². The van der Waals surface area contributed by atoms with E-state index in [0.717, 1.165) is 0 Å². The zero-order valence-corrected chi connectivity index (χ0v) is 20.5. The van der Waals surface area contributed by atoms with Crippen molar-refractivity contribution >= 4 is 34.9 Å². The van der Waals surface area contributed by atoms with Gasteiger partial charge in [0.2, 0.25) is 0 Å². The lowest BCUT2D eigenvalue weighted by Crippen LogP contribution is -2.28. The summed E-state index contributed by atoms with van der Waals surface area (Å²) in [6, 6.07) is 7.16. The molecule has 2 aromatic rings. The van der Waals surface area contributed by atoms with Gasteiger partial charge in [0.1, 0.15) is 6.61 Å². The topological polar surface area (TPSA) is 113 Å². The molecule has 36 heavy (non-hydrogen) atoms. The Morgan fingerprint density at radius 2 is 1.81 bits per heavy atom. The summed E-state index contributed by atoms with van der Waals surface area (Å²) in [5.74, 6) is -2.89. The van der Waals surface area contributed by atoms with Gasteiger partial charge in [-0.05, 0) is 23.3 Å². The normalized spacial score (nSPS) is 15.9. The predicted molar refractivity (Wildman–Crippen MR) is 130 cm³/mol. The van der Waals surface area contributed by atoms with Crippen molar-refractivity contribution in [2.24, 2.45) is 5.92 Å². The van der Waals surface area contributed by atoms with E-state index < -0.39 is 35.8 Å². The molecule has 3 rings (SSSR count). The summed E-state index contributed by atoms with van der Waals surface area (Å²) >= 11 is 0. The van der Waals surface area contributed by atoms with E-state index in [-0.39, 0.29) is 6.61 Å². The van der Waals surface area contributed by atoms with Crippen molar-refractivity contribution < 1.29 is 38.1 Å². The van der Waals surface area contributed by atoms with Gasteiger partial charge in [-0.3, -0.25) is 14.2 Å². The van der Waals surface area contributed by atoms with Gasteiger partial charge in [0, 0.05) is 42.9 Å². The second-order valence-corrected chi connectivity index (χ2v) is 7.87. The van der Waals surface area contributed by atoms with Crippen molar-refractivity contribution in [2.45, 2.75) is 12.8 Å². The molecule has 10 nitrogen and oxygen atoms in total. The van der Waals surface area contributed by atoms with E-state index in [1.807, 2.05) is 12.1 Å². The van der Waals surface area contributed by atoms with Gasteiger partial charge in [-0.25, -0.2) is 9.59 Å². The third-order valence-electron chi connectivity index (χ3n) is 5.72. The molecule has 2 atom stereocenters. The Balaban J connectivity index is 2.09. The largest absolute Gasteiger partial charge is 0.469 e. The van der Waals surface area contributed by atoms with Gasteiger partial charge in [-0.15, -0.1) is 0 Å². The van der Waals surface area contributed by atoms with Crippen LogP contribution in [0.4, 0.5) is 4.79 Å². The molecule has 0 amide bonds. The smallest absolute Gasteiger partial charge is 0.418 e. The molecule has 2 unspecified atom stereocenters. The van der Waals surface area contributed by atoms with Crippen molar-refractivity contribution in [1.82, 2.24) is 9.47 Å². The number of nitrogens with zero attached hydrogens (tertiary/aromatic N) is 2. The number of para-hydroxylation sites is 1. The number of aromatic nitrogens is 1. The highest BCUT2D eigenvalue weighted by Gasteiger charge is 2.35. The molecule has 0 saturated heterocycles. The maximum absolute atomic E-state index is 13.2. The average Bonchev–Trinajstić information content (AvgIpc) is 3.26. The number of esters is 3. The fraction of sp³-hybridized carbons (Fsp3) is 0.308. The zero-order valence-electron chi connectivity index (χ0n) is 20.5. The third kappa shape index (κ3) is 5.83. The Labute approximate surface area is 208 Å². The lowest BCUT2D eigenvalue weighted by atomic mass is 9.80. The summed E-state index contributed by atoms with van der Waals surface area (Å²) in [7, 11) is 3.84. The molecular weight excluding hydrogens is 468 g/mol. The van der Waals surface area contributed by atoms with Gasteiger partial charge in [-0.2, -0.15) is 0 Å². The highest BCUT2D eigenvalue weighted by Crippen LogP contribution is 2.39. The number of methoxy groups -OCH3 is 3. The van der Waals surface area contributed by atoms with Crippen molar-refractivity contribution in [1.29, 1.82) is 0 Å². The summed E-state index contributed by atoms with van der Waals surface area (Å²) in [5, 5.41) is 0.681. The van der Waals surface area contributed by atoms with Crippen LogP contribution >= 0.6 is 0 Å². The van der Waals surface area contributed by atoms with Crippen LogP contribution in [0.3, 0.4) is 0 Å². The standard InChI is InChI=1S/C26H28N2O8/c1-17(29)36-14-13-27-12-11-19(18(15-27)9-10-23(30)33-2)24(25(31)34-3)21-16-28(26(32)35-4)22-8-6-5-7-20(21)22/h5-12,15-16,19,24H,13-14H2,1-4H3/b10-9+. The van der Waals surface area contributed by atoms with Crippen LogP contribution in [0, 0.1) is 5.92 Å². The summed E-state index contributed by atoms with van der Waals surface area (Å²) in [6.45, 7) is 1.85. The first-order valence-corrected chi connectivity index (χ1v) is 11.1. The monoisotopic (exact) mass is 496 g/mol. The van der Waals surface area contributed by atoms with Crippen molar-refractivity contribution in [3.63, 3.8) is 0 Å². The molecule has 0 saturated carbocycles. The minimum atomic E-state index is -0.855. The molecule has 0 spiro atoms. The summed E-state index contributed by atoms with van der Waals surface area (Å²) in [6.07, 6.45) is 9.11. The third-order valence-corrected chi connectivity index (χ3v) is 5.72. The SMILES string of the molecule is COC(=O)/C=C/C1=CN(CCOC(C)=O)C=CC1C(C(=O)OC)c1cn(C(=O)OC)c2ccccc12. The fourth-order valence-electron chi connectivity index (χ4n) is 4.06. The van der Waals surface area contributed by atoms with Crippen LogP contribution in [0.15, 0.2) is 66.7 Å². The number of carbonyl (C=O) groups is 4. The van der Waals surface area contributed by atoms with Crippen LogP contribution in [-0.4, -0.2) is 67.9 Å². The minimum Gasteiger partial charge on any atom is -0.469 e. The number of ether oxygens (including phenoxy) is 4. The molecule has 190 valence electrons. The molecular formula is C26H28N2O8. The van der Waals surface area contributed by atoms with Gasteiger partial charge in [-0.1, -0.05) is 24.3 Å². The molecule has 0 bridgehead atoms. The number of benzene rings is 1. The van der Waals surface area contributed by atoms with Crippen LogP contribution in [0.1, 0.15) is 18.4 Å². The summed E-state index contributed by atoms with van der Waals surface area (Å²) in [4.78, 5) is 50.4. The first kappa shape index (κ1) is 26.3. The molecule has 0 fully saturated rings. The van der Waals surface area contributed by atoms with Crippen LogP contribution in [-0.2, 0) is 33.3 Å². The van der Waals surface area contributed by atoms with E-state index >= 15 is 0 Å². The molecule has 1 aromatic carbocycles. The molecule has 0 aliphatic carbocycles. The Kier molecular flexibility index (Phi) is 8.66. The number of hydrogen-bond acceptors (Lipinski definition) is 9. The van der Waals surface area contributed by atoms with Gasteiger partial charge in [0.15, 0.2) is 0 Å². The number of hydrogen-bond donors (Lipinski definition) is 0. The highest BCUT2D eigenvalue weighted by molar-refractivity contribution is 5.96. The average molecular weight is 497 g/mol. The second-order valence-electron chi connectivity index (χ2n) is 7.87. The lowest BCUT2D eigenvalue weighted by Gasteiger charge is -2.30. The highest BCUT2D eigenvalue weighted by atomic mass is 16.5. The molecule has 1 aliphatic heterocycles. The number of rotatable bonds is 8. The van der Waals surface area contributed by atoms with Crippen LogP contribution < -0.4 is 0 Å². The van der Waals surface area contributed by atoms with Gasteiger partial charge >= 0.3 is 24.0 Å². The number of carbonyl (C=O) groups excluding carboxylic acids is 4. The fourth-order valence-corrected chi connectivity index (χ4v) is 4.06. The summed E-state index contributed by atoms with van der Waals surface area (Å²) < 4.78 is 21.2. The van der Waals surface area contributed by atoms with Gasteiger partial charge in [0.05, 0.1) is 39.3 Å². The number of fused-ring (bicyclic) bond motifs is 1. The van der Waals surface area contributed by atoms with E-state index in [0.29, 0.717) is 28.6 Å². The Hall–Kier alpha value is -4.34. The van der Waals surface area contributed by atoms with Crippen LogP contribution in [0.5, 0.6) is 0 Å². The van der Waals surface area contributed by atoms with E-state index in [4.69, 9.17) is 18.9 Å². The quantitative estimate of drug-likeness (QED) is 0.309. The lowest BCUT2D eigenvalue weighted by molar-refractivity contribution is -0.143. The molecule has 2 heterocycles. The van der Waals surface area contributed by atoms with E-state index in [1.165, 1.54) is 38.9 Å². The van der Waals surface area contributed by atoms with Gasteiger partial charge in [0.25, 0.3) is 0 Å². The Bertz CT molecular complexity index is 1240. The van der Waals surface area contributed by atoms with Crippen LogP contribution in [0.25, 0.3) is 10.9 Å². The van der Waals surface area contributed by atoms with E-state index in [9.17, 15) is 19.2 Å². The molecule has 0 radical (unpaired) electrons. The molecule has 10 heteroatoms. The Morgan fingerprint density at radius 3 is 2.47 bits per heavy atom.